The van der Waals surface area contributed by atoms with Gasteiger partial charge in [0.25, 0.3) is 0 Å². The molecule has 0 saturated carbocycles. The van der Waals surface area contributed by atoms with Gasteiger partial charge in [0, 0.05) is 0 Å². The van der Waals surface area contributed by atoms with Gasteiger partial charge in [-0.15, -0.1) is 0 Å². The Balaban J connectivity index is 2.47. The first-order valence-corrected chi connectivity index (χ1v) is 4.81. The molecule has 0 aromatic heterocycles. The van der Waals surface area contributed by atoms with Gasteiger partial charge in [0.05, 0.1) is 0 Å². The Morgan fingerprint density at radius 3 is 2.82 bits per heavy atom. The molecule has 0 aliphatic heterocycles. The predicted octanol–water partition coefficient (Wildman–Crippen LogP) is 0.813. The van der Waals surface area contributed by atoms with E-state index < -0.39 is 0 Å². The number of fused-ring (bicyclic) bond motifs is 1. The Hall–Kier alpha value is -0.262. The monoisotopic (exact) mass is 208 g/mol. The number of benzene rings is 1. The Morgan fingerprint density at radius 2 is 2.09 bits per heavy atom. The number of hydrogen-bond acceptors (Lipinski definition) is 1. The Kier molecular flexibility index (Phi) is 1.78. The molecule has 1 N–H and O–H groups in total. The zero-order valence-corrected chi connectivity index (χ0v) is 7.94. The molecule has 0 saturated heterocycles. The van der Waals surface area contributed by atoms with Crippen molar-refractivity contribution in [1.82, 2.24) is 0 Å². The minimum atomic E-state index is -0.188. The van der Waals surface area contributed by atoms with Crippen molar-refractivity contribution in [2.45, 2.75) is 17.2 Å². The average Bonchev–Trinajstić information content (AvgIpc) is 2.30. The number of aliphatic hydroxyl groups is 1. The van der Waals surface area contributed by atoms with E-state index in [2.05, 4.69) is 29.0 Å². The maximum atomic E-state index is 9.50. The second-order valence-electron chi connectivity index (χ2n) is 2.92. The van der Waals surface area contributed by atoms with Crippen LogP contribution in [0.25, 0.3) is 0 Å². The summed E-state index contributed by atoms with van der Waals surface area (Å²) in [6, 6.07) is 8.23. The van der Waals surface area contributed by atoms with E-state index in [0.717, 1.165) is 6.42 Å². The Bertz CT molecular complexity index is 272. The first-order chi connectivity index (χ1) is 5.29. The Labute approximate surface area is 74.9 Å². The van der Waals surface area contributed by atoms with Gasteiger partial charge in [0.2, 0.25) is 0 Å². The summed E-state index contributed by atoms with van der Waals surface area (Å²) in [6.45, 7) is 0. The molecule has 2 atom stereocenters. The molecule has 0 heterocycles. The molecule has 1 aliphatic rings. The first-order valence-electron chi connectivity index (χ1n) is 3.73. The summed E-state index contributed by atoms with van der Waals surface area (Å²) in [6.07, 6.45) is 0.627. The summed E-state index contributed by atoms with van der Waals surface area (Å²) < 4.78 is 0.263. The van der Waals surface area contributed by atoms with Crippen LogP contribution in [0.2, 0.25) is 0 Å². The van der Waals surface area contributed by atoms with E-state index in [1.54, 1.807) is 0 Å². The summed E-state index contributed by atoms with van der Waals surface area (Å²) in [7, 11) is 0. The third-order valence-electron chi connectivity index (χ3n) is 2.17. The fourth-order valence-electron chi connectivity index (χ4n) is 1.55. The first kappa shape index (κ1) is 7.39. The van der Waals surface area contributed by atoms with Gasteiger partial charge < -0.3 is 0 Å². The molecule has 1 aliphatic carbocycles. The van der Waals surface area contributed by atoms with Crippen molar-refractivity contribution in [3.05, 3.63) is 35.4 Å². The summed E-state index contributed by atoms with van der Waals surface area (Å²) in [5, 5.41) is 9.50. The molecule has 0 bridgehead atoms. The third-order valence-corrected chi connectivity index (χ3v) is 3.47. The van der Waals surface area contributed by atoms with Crippen LogP contribution in [-0.2, 0) is 6.42 Å². The molecule has 0 amide bonds. The molecule has 2 unspecified atom stereocenters. The van der Waals surface area contributed by atoms with E-state index >= 15 is 0 Å². The second kappa shape index (κ2) is 2.65. The van der Waals surface area contributed by atoms with Crippen LogP contribution in [0.1, 0.15) is 15.8 Å². The van der Waals surface area contributed by atoms with E-state index in [4.69, 9.17) is 0 Å². The molecular formula is C9H9AsO. The van der Waals surface area contributed by atoms with E-state index in [-0.39, 0.29) is 10.8 Å². The molecule has 2 heteroatoms. The summed E-state index contributed by atoms with van der Waals surface area (Å²) in [5.41, 5.74) is 2.59. The van der Waals surface area contributed by atoms with Gasteiger partial charge in [-0.25, -0.2) is 0 Å². The van der Waals surface area contributed by atoms with Gasteiger partial charge in [-0.05, 0) is 0 Å². The van der Waals surface area contributed by atoms with E-state index in [0.29, 0.717) is 0 Å². The molecule has 1 aromatic rings. The van der Waals surface area contributed by atoms with Crippen LogP contribution in [-0.4, -0.2) is 28.1 Å². The van der Waals surface area contributed by atoms with Crippen molar-refractivity contribution in [1.29, 1.82) is 0 Å². The van der Waals surface area contributed by atoms with E-state index in [1.165, 1.54) is 11.1 Å². The number of rotatable bonds is 0. The van der Waals surface area contributed by atoms with Crippen LogP contribution in [0.3, 0.4) is 0 Å². The molecule has 0 spiro atoms. The van der Waals surface area contributed by atoms with Crippen LogP contribution in [0.5, 0.6) is 0 Å². The van der Waals surface area contributed by atoms with Gasteiger partial charge in [-0.1, -0.05) is 0 Å². The third kappa shape index (κ3) is 1.13. The van der Waals surface area contributed by atoms with Crippen LogP contribution >= 0.6 is 0 Å². The molecule has 0 fully saturated rings. The minimum absolute atomic E-state index is 0.188. The van der Waals surface area contributed by atoms with Crippen molar-refractivity contribution < 1.29 is 5.11 Å². The molecule has 1 nitrogen and oxygen atoms in total. The van der Waals surface area contributed by atoms with Gasteiger partial charge >= 0.3 is 74.6 Å². The predicted molar refractivity (Wildman–Crippen MR) is 44.6 cm³/mol. The maximum absolute atomic E-state index is 9.50. The van der Waals surface area contributed by atoms with Gasteiger partial charge in [-0.2, -0.15) is 0 Å². The molecule has 1 aromatic carbocycles. The molecular weight excluding hydrogens is 199 g/mol. The van der Waals surface area contributed by atoms with E-state index in [1.807, 2.05) is 12.1 Å². The van der Waals surface area contributed by atoms with Crippen LogP contribution < -0.4 is 0 Å². The normalized spacial score (nSPS) is 28.5. The van der Waals surface area contributed by atoms with Crippen molar-refractivity contribution in [2.75, 3.05) is 0 Å². The SMILES string of the molecule is OC1Cc2ccccc2C1[As]. The Morgan fingerprint density at radius 1 is 1.36 bits per heavy atom. The fourth-order valence-corrected chi connectivity index (χ4v) is 2.30. The zero-order valence-electron chi connectivity index (χ0n) is 6.07. The van der Waals surface area contributed by atoms with Gasteiger partial charge in [0.15, 0.2) is 0 Å². The molecule has 11 heavy (non-hydrogen) atoms. The fraction of sp³-hybridized carbons (Fsp3) is 0.333. The van der Waals surface area contributed by atoms with Gasteiger partial charge in [-0.3, -0.25) is 0 Å². The van der Waals surface area contributed by atoms with Crippen LogP contribution in [0, 0.1) is 0 Å². The van der Waals surface area contributed by atoms with Gasteiger partial charge in [0.1, 0.15) is 0 Å². The summed E-state index contributed by atoms with van der Waals surface area (Å²) in [5.74, 6) is 0. The van der Waals surface area contributed by atoms with Crippen LogP contribution in [0.4, 0.5) is 0 Å². The number of aliphatic hydroxyl groups excluding tert-OH is 1. The summed E-state index contributed by atoms with van der Waals surface area (Å²) in [4.78, 5) is 0. The molecule has 2 radical (unpaired) electrons. The van der Waals surface area contributed by atoms with Crippen molar-refractivity contribution in [2.24, 2.45) is 0 Å². The summed E-state index contributed by atoms with van der Waals surface area (Å²) >= 11 is 2.54. The number of hydrogen-bond donors (Lipinski definition) is 1. The van der Waals surface area contributed by atoms with E-state index in [9.17, 15) is 5.11 Å². The topological polar surface area (TPSA) is 20.2 Å². The quantitative estimate of drug-likeness (QED) is 0.625. The second-order valence-corrected chi connectivity index (χ2v) is 4.08. The van der Waals surface area contributed by atoms with Crippen molar-refractivity contribution >= 4 is 16.9 Å². The van der Waals surface area contributed by atoms with Crippen LogP contribution in [0.15, 0.2) is 24.3 Å². The van der Waals surface area contributed by atoms with Crippen molar-refractivity contribution in [3.8, 4) is 0 Å². The zero-order chi connectivity index (χ0) is 7.84. The standard InChI is InChI=1S/C9H9AsO/c10-9-7-4-2-1-3-6(7)5-8(9)11/h1-4,8-9,11H,5H2. The van der Waals surface area contributed by atoms with Crippen molar-refractivity contribution in [3.63, 3.8) is 0 Å². The molecule has 56 valence electrons. The molecule has 2 rings (SSSR count). The average molecular weight is 208 g/mol.